The maximum Gasteiger partial charge on any atom is 0.339 e. The van der Waals surface area contributed by atoms with Crippen LogP contribution in [0.3, 0.4) is 0 Å². The minimum Gasteiger partial charge on any atom is -0.507 e. The van der Waals surface area contributed by atoms with E-state index >= 15 is 0 Å². The molecule has 0 fully saturated rings. The van der Waals surface area contributed by atoms with Gasteiger partial charge in [-0.2, -0.15) is 0 Å². The van der Waals surface area contributed by atoms with Crippen molar-refractivity contribution in [2.75, 3.05) is 0 Å². The SMILES string of the molecule is O=C(O)Cc1noc2ccccc12.O=c1cc(O)c2ccccc2o1. The molecule has 0 spiro atoms. The second kappa shape index (κ2) is 6.88. The number of aromatic nitrogens is 1. The number of hydrogen-bond donors (Lipinski definition) is 2. The Morgan fingerprint density at radius 3 is 2.36 bits per heavy atom. The Labute approximate surface area is 140 Å². The number of fused-ring (bicyclic) bond motifs is 2. The van der Waals surface area contributed by atoms with Crippen LogP contribution in [0.25, 0.3) is 21.9 Å². The predicted octanol–water partition coefficient (Wildman–Crippen LogP) is 2.95. The van der Waals surface area contributed by atoms with Gasteiger partial charge in [-0.25, -0.2) is 4.79 Å². The van der Waals surface area contributed by atoms with Gasteiger partial charge >= 0.3 is 11.6 Å². The number of para-hydroxylation sites is 2. The van der Waals surface area contributed by atoms with Crippen LogP contribution >= 0.6 is 0 Å². The summed E-state index contributed by atoms with van der Waals surface area (Å²) >= 11 is 0. The summed E-state index contributed by atoms with van der Waals surface area (Å²) in [6.07, 6.45) is -0.100. The van der Waals surface area contributed by atoms with Crippen LogP contribution in [-0.2, 0) is 11.2 Å². The van der Waals surface area contributed by atoms with Crippen LogP contribution < -0.4 is 5.63 Å². The quantitative estimate of drug-likeness (QED) is 0.540. The van der Waals surface area contributed by atoms with E-state index in [-0.39, 0.29) is 12.2 Å². The van der Waals surface area contributed by atoms with Crippen LogP contribution in [0.5, 0.6) is 5.75 Å². The molecule has 0 unspecified atom stereocenters. The van der Waals surface area contributed by atoms with Gasteiger partial charge in [-0.05, 0) is 24.3 Å². The van der Waals surface area contributed by atoms with Gasteiger partial charge in [0.1, 0.15) is 17.0 Å². The summed E-state index contributed by atoms with van der Waals surface area (Å²) < 4.78 is 9.76. The van der Waals surface area contributed by atoms with Crippen LogP contribution in [-0.4, -0.2) is 21.3 Å². The van der Waals surface area contributed by atoms with E-state index in [1.165, 1.54) is 0 Å². The smallest absolute Gasteiger partial charge is 0.339 e. The fraction of sp³-hybridized carbons (Fsp3) is 0.0556. The largest absolute Gasteiger partial charge is 0.507 e. The van der Waals surface area contributed by atoms with Crippen molar-refractivity contribution in [3.63, 3.8) is 0 Å². The van der Waals surface area contributed by atoms with Gasteiger partial charge in [0.25, 0.3) is 0 Å². The minimum absolute atomic E-state index is 0.0400. The summed E-state index contributed by atoms with van der Waals surface area (Å²) in [5.41, 5.74) is 0.968. The minimum atomic E-state index is -0.904. The van der Waals surface area contributed by atoms with Crippen molar-refractivity contribution in [1.82, 2.24) is 5.16 Å². The number of benzene rings is 2. The molecule has 0 bridgehead atoms. The Morgan fingerprint density at radius 1 is 1.00 bits per heavy atom. The van der Waals surface area contributed by atoms with Crippen LogP contribution in [0.4, 0.5) is 0 Å². The summed E-state index contributed by atoms with van der Waals surface area (Å²) in [4.78, 5) is 21.2. The van der Waals surface area contributed by atoms with E-state index in [0.29, 0.717) is 22.2 Å². The Morgan fingerprint density at radius 2 is 1.64 bits per heavy atom. The van der Waals surface area contributed by atoms with Gasteiger partial charge < -0.3 is 19.2 Å². The van der Waals surface area contributed by atoms with E-state index in [4.69, 9.17) is 14.0 Å². The molecule has 4 rings (SSSR count). The number of rotatable bonds is 2. The first-order valence-electron chi connectivity index (χ1n) is 7.31. The summed E-state index contributed by atoms with van der Waals surface area (Å²) in [7, 11) is 0. The molecule has 2 heterocycles. The summed E-state index contributed by atoms with van der Waals surface area (Å²) in [5, 5.41) is 22.9. The van der Waals surface area contributed by atoms with Gasteiger partial charge in [-0.1, -0.05) is 29.4 Å². The zero-order valence-corrected chi connectivity index (χ0v) is 12.9. The second-order valence-electron chi connectivity index (χ2n) is 5.14. The van der Waals surface area contributed by atoms with Gasteiger partial charge in [-0.3, -0.25) is 4.79 Å². The summed E-state index contributed by atoms with van der Waals surface area (Å²) in [6, 6.07) is 15.1. The average molecular weight is 339 g/mol. The van der Waals surface area contributed by atoms with Gasteiger partial charge in [0, 0.05) is 5.39 Å². The van der Waals surface area contributed by atoms with Crippen LogP contribution in [0.15, 0.2) is 68.3 Å². The first-order valence-corrected chi connectivity index (χ1v) is 7.31. The van der Waals surface area contributed by atoms with Crippen molar-refractivity contribution in [2.45, 2.75) is 6.42 Å². The van der Waals surface area contributed by atoms with Crippen molar-refractivity contribution in [2.24, 2.45) is 0 Å². The number of hydrogen-bond acceptors (Lipinski definition) is 6. The number of aromatic hydroxyl groups is 1. The molecule has 0 amide bonds. The van der Waals surface area contributed by atoms with Gasteiger partial charge in [-0.15, -0.1) is 0 Å². The van der Waals surface area contributed by atoms with Gasteiger partial charge in [0.15, 0.2) is 5.58 Å². The van der Waals surface area contributed by atoms with E-state index in [1.54, 1.807) is 36.4 Å². The lowest BCUT2D eigenvalue weighted by molar-refractivity contribution is -0.136. The maximum atomic E-state index is 10.8. The molecule has 126 valence electrons. The number of carboxylic acids is 1. The Hall–Kier alpha value is -3.61. The normalized spacial score (nSPS) is 10.4. The molecule has 0 atom stereocenters. The molecule has 4 aromatic rings. The molecule has 2 N–H and O–H groups in total. The lowest BCUT2D eigenvalue weighted by Gasteiger charge is -1.96. The Balaban J connectivity index is 0.000000146. The molecule has 0 saturated heterocycles. The van der Waals surface area contributed by atoms with E-state index in [9.17, 15) is 14.7 Å². The van der Waals surface area contributed by atoms with E-state index < -0.39 is 11.6 Å². The third-order valence-corrected chi connectivity index (χ3v) is 3.40. The molecule has 7 heteroatoms. The third kappa shape index (κ3) is 3.66. The highest BCUT2D eigenvalue weighted by molar-refractivity contribution is 5.83. The van der Waals surface area contributed by atoms with E-state index in [1.807, 2.05) is 12.1 Å². The zero-order valence-electron chi connectivity index (χ0n) is 12.9. The topological polar surface area (TPSA) is 114 Å². The van der Waals surface area contributed by atoms with Crippen LogP contribution in [0.2, 0.25) is 0 Å². The first kappa shape index (κ1) is 16.3. The third-order valence-electron chi connectivity index (χ3n) is 3.40. The van der Waals surface area contributed by atoms with Crippen LogP contribution in [0.1, 0.15) is 5.69 Å². The number of carbonyl (C=O) groups is 1. The fourth-order valence-corrected chi connectivity index (χ4v) is 2.30. The highest BCUT2D eigenvalue weighted by Gasteiger charge is 2.10. The molecule has 0 aliphatic carbocycles. The van der Waals surface area contributed by atoms with Crippen molar-refractivity contribution in [1.29, 1.82) is 0 Å². The maximum absolute atomic E-state index is 10.8. The van der Waals surface area contributed by atoms with E-state index in [2.05, 4.69) is 5.16 Å². The lowest BCUT2D eigenvalue weighted by Crippen LogP contribution is -2.00. The average Bonchev–Trinajstić information content (AvgIpc) is 2.98. The molecular weight excluding hydrogens is 326 g/mol. The molecule has 25 heavy (non-hydrogen) atoms. The van der Waals surface area contributed by atoms with Crippen molar-refractivity contribution in [3.05, 3.63) is 70.7 Å². The van der Waals surface area contributed by atoms with Crippen molar-refractivity contribution >= 4 is 27.9 Å². The molecule has 7 nitrogen and oxygen atoms in total. The van der Waals surface area contributed by atoms with Crippen molar-refractivity contribution < 1.29 is 23.9 Å². The molecule has 0 saturated carbocycles. The highest BCUT2D eigenvalue weighted by atomic mass is 16.5. The van der Waals surface area contributed by atoms with Gasteiger partial charge in [0.2, 0.25) is 0 Å². The number of aliphatic carboxylic acids is 1. The highest BCUT2D eigenvalue weighted by Crippen LogP contribution is 2.21. The molecular formula is C18H13NO6. The number of carboxylic acid groups (broad SMARTS) is 1. The van der Waals surface area contributed by atoms with Crippen molar-refractivity contribution in [3.8, 4) is 5.75 Å². The molecule has 2 aromatic heterocycles. The Bertz CT molecular complexity index is 1100. The molecule has 2 aromatic carbocycles. The van der Waals surface area contributed by atoms with Crippen LogP contribution in [0, 0.1) is 0 Å². The van der Waals surface area contributed by atoms with Gasteiger partial charge in [0.05, 0.1) is 17.9 Å². The second-order valence-corrected chi connectivity index (χ2v) is 5.14. The monoisotopic (exact) mass is 339 g/mol. The standard InChI is InChI=1S/C9H7NO3.C9H6O3/c11-9(12)5-7-6-3-1-2-4-8(6)13-10-7;10-7-5-9(11)12-8-4-2-1-3-6(7)8/h1-4H,5H2,(H,11,12);1-5,10H. The summed E-state index contributed by atoms with van der Waals surface area (Å²) in [6.45, 7) is 0. The first-order chi connectivity index (χ1) is 12.0. The lowest BCUT2D eigenvalue weighted by atomic mass is 10.2. The fourth-order valence-electron chi connectivity index (χ4n) is 2.30. The Kier molecular flexibility index (Phi) is 4.47. The van der Waals surface area contributed by atoms with E-state index in [0.717, 1.165) is 11.5 Å². The summed E-state index contributed by atoms with van der Waals surface area (Å²) in [5.74, 6) is -0.944. The molecule has 0 aliphatic rings. The number of nitrogens with zero attached hydrogens (tertiary/aromatic N) is 1. The zero-order chi connectivity index (χ0) is 17.8. The molecule has 0 radical (unpaired) electrons. The predicted molar refractivity (Wildman–Crippen MR) is 89.5 cm³/mol. The molecule has 0 aliphatic heterocycles.